The quantitative estimate of drug-likeness (QED) is 0.135. The number of imidazole rings is 1. The number of rotatable bonds is 9. The Morgan fingerprint density at radius 2 is 1.97 bits per heavy atom. The third-order valence-electron chi connectivity index (χ3n) is 4.32. The van der Waals surface area contributed by atoms with E-state index in [0.29, 0.717) is 13.2 Å². The lowest BCUT2D eigenvalue weighted by molar-refractivity contribution is 0.358. The molecule has 0 bridgehead atoms. The van der Waals surface area contributed by atoms with Gasteiger partial charge in [0.15, 0.2) is 5.96 Å². The number of hydrogen-bond acceptors (Lipinski definition) is 3. The predicted octanol–water partition coefficient (Wildman–Crippen LogP) is 4.04. The van der Waals surface area contributed by atoms with Crippen LogP contribution in [0.25, 0.3) is 11.0 Å². The Hall–Kier alpha value is -2.55. The molecule has 1 aromatic heterocycles. The van der Waals surface area contributed by atoms with E-state index in [0.717, 1.165) is 53.5 Å². The number of aromatic nitrogens is 2. The fourth-order valence-corrected chi connectivity index (χ4v) is 2.93. The molecule has 2 aromatic carbocycles. The van der Waals surface area contributed by atoms with Crippen LogP contribution in [0.3, 0.4) is 0 Å². The van der Waals surface area contributed by atoms with Gasteiger partial charge in [0.05, 0.1) is 11.0 Å². The van der Waals surface area contributed by atoms with E-state index in [4.69, 9.17) is 4.74 Å². The molecule has 0 atom stereocenters. The van der Waals surface area contributed by atoms with Gasteiger partial charge in [-0.1, -0.05) is 43.0 Å². The van der Waals surface area contributed by atoms with E-state index in [-0.39, 0.29) is 24.0 Å². The second-order valence-electron chi connectivity index (χ2n) is 6.36. The smallest absolute Gasteiger partial charge is 0.191 e. The summed E-state index contributed by atoms with van der Waals surface area (Å²) in [5.41, 5.74) is 3.18. The first-order valence-electron chi connectivity index (χ1n) is 9.50. The van der Waals surface area contributed by atoms with Gasteiger partial charge in [0.1, 0.15) is 18.2 Å². The minimum absolute atomic E-state index is 0. The van der Waals surface area contributed by atoms with Gasteiger partial charge in [-0.2, -0.15) is 0 Å². The molecular formula is C22H28IN5O. The summed E-state index contributed by atoms with van der Waals surface area (Å²) in [6.45, 7) is 5.63. The summed E-state index contributed by atoms with van der Waals surface area (Å²) < 4.78 is 5.70. The largest absolute Gasteiger partial charge is 0.489 e. The lowest BCUT2D eigenvalue weighted by Crippen LogP contribution is -2.37. The molecule has 29 heavy (non-hydrogen) atoms. The molecule has 154 valence electrons. The Balaban J connectivity index is 0.00000300. The van der Waals surface area contributed by atoms with Crippen LogP contribution in [0.4, 0.5) is 0 Å². The number of para-hydroxylation sites is 3. The van der Waals surface area contributed by atoms with Crippen molar-refractivity contribution in [3.63, 3.8) is 0 Å². The fraction of sp³-hybridized carbons (Fsp3) is 0.273. The molecular weight excluding hydrogens is 477 g/mol. The Bertz CT molecular complexity index is 905. The number of aryl methyl sites for hydroxylation is 1. The highest BCUT2D eigenvalue weighted by molar-refractivity contribution is 14.0. The van der Waals surface area contributed by atoms with Crippen LogP contribution in [0.5, 0.6) is 5.75 Å². The molecule has 6 nitrogen and oxygen atoms in total. The van der Waals surface area contributed by atoms with Crippen LogP contribution < -0.4 is 15.4 Å². The van der Waals surface area contributed by atoms with E-state index in [9.17, 15) is 0 Å². The molecule has 0 radical (unpaired) electrons. The van der Waals surface area contributed by atoms with E-state index < -0.39 is 0 Å². The molecule has 0 fully saturated rings. The van der Waals surface area contributed by atoms with E-state index in [1.165, 1.54) is 0 Å². The summed E-state index contributed by atoms with van der Waals surface area (Å²) in [5.74, 6) is 2.64. The van der Waals surface area contributed by atoms with Crippen LogP contribution in [0.1, 0.15) is 17.8 Å². The van der Waals surface area contributed by atoms with Crippen molar-refractivity contribution in [3.05, 3.63) is 72.6 Å². The lowest BCUT2D eigenvalue weighted by Gasteiger charge is -2.14. The lowest BCUT2D eigenvalue weighted by atomic mass is 10.2. The molecule has 0 aliphatic carbocycles. The molecule has 0 saturated carbocycles. The van der Waals surface area contributed by atoms with Crippen molar-refractivity contribution < 1.29 is 4.74 Å². The van der Waals surface area contributed by atoms with Gasteiger partial charge in [0.25, 0.3) is 0 Å². The van der Waals surface area contributed by atoms with Crippen LogP contribution in [-0.2, 0) is 13.0 Å². The van der Waals surface area contributed by atoms with Crippen molar-refractivity contribution in [2.24, 2.45) is 4.99 Å². The first-order valence-corrected chi connectivity index (χ1v) is 9.50. The number of H-pyrrole nitrogens is 1. The number of hydrogen-bond donors (Lipinski definition) is 3. The van der Waals surface area contributed by atoms with Gasteiger partial charge in [-0.05, 0) is 24.6 Å². The molecule has 0 aliphatic rings. The first-order chi connectivity index (χ1) is 13.8. The average Bonchev–Trinajstić information content (AvgIpc) is 3.15. The molecule has 3 rings (SSSR count). The first kappa shape index (κ1) is 22.7. The molecule has 7 heteroatoms. The normalized spacial score (nSPS) is 11.0. The van der Waals surface area contributed by atoms with Gasteiger partial charge in [0.2, 0.25) is 0 Å². The number of nitrogens with one attached hydrogen (secondary N) is 3. The van der Waals surface area contributed by atoms with Gasteiger partial charge in [-0.15, -0.1) is 24.0 Å². The van der Waals surface area contributed by atoms with Crippen LogP contribution >= 0.6 is 24.0 Å². The van der Waals surface area contributed by atoms with Crippen molar-refractivity contribution in [1.29, 1.82) is 0 Å². The maximum atomic E-state index is 5.70. The fourth-order valence-electron chi connectivity index (χ4n) is 2.93. The van der Waals surface area contributed by atoms with Crippen molar-refractivity contribution in [3.8, 4) is 5.75 Å². The Morgan fingerprint density at radius 1 is 1.17 bits per heavy atom. The van der Waals surface area contributed by atoms with Crippen molar-refractivity contribution in [1.82, 2.24) is 20.6 Å². The van der Waals surface area contributed by atoms with Gasteiger partial charge in [-0.25, -0.2) is 4.98 Å². The van der Waals surface area contributed by atoms with Crippen LogP contribution in [0.2, 0.25) is 0 Å². The van der Waals surface area contributed by atoms with Gasteiger partial charge in [-0.3, -0.25) is 4.99 Å². The number of aromatic amines is 1. The summed E-state index contributed by atoms with van der Waals surface area (Å²) in [5, 5.41) is 6.68. The highest BCUT2D eigenvalue weighted by Gasteiger charge is 2.05. The van der Waals surface area contributed by atoms with Crippen molar-refractivity contribution >= 4 is 41.0 Å². The van der Waals surface area contributed by atoms with E-state index in [1.807, 2.05) is 48.5 Å². The maximum absolute atomic E-state index is 5.70. The Kier molecular flexibility index (Phi) is 9.49. The molecule has 0 unspecified atom stereocenters. The molecule has 0 saturated heterocycles. The zero-order valence-electron chi connectivity index (χ0n) is 16.6. The predicted molar refractivity (Wildman–Crippen MR) is 130 cm³/mol. The molecule has 0 aliphatic heterocycles. The summed E-state index contributed by atoms with van der Waals surface area (Å²) in [6, 6.07) is 16.1. The maximum Gasteiger partial charge on any atom is 0.191 e. The summed E-state index contributed by atoms with van der Waals surface area (Å²) in [4.78, 5) is 12.3. The van der Waals surface area contributed by atoms with Gasteiger partial charge >= 0.3 is 0 Å². The molecule has 0 spiro atoms. The minimum atomic E-state index is 0. The highest BCUT2D eigenvalue weighted by atomic mass is 127. The van der Waals surface area contributed by atoms with Crippen LogP contribution in [-0.4, -0.2) is 36.1 Å². The molecule has 1 heterocycles. The van der Waals surface area contributed by atoms with E-state index in [1.54, 1.807) is 13.1 Å². The number of aliphatic imine (C=N–C) groups is 1. The molecule has 3 aromatic rings. The second kappa shape index (κ2) is 12.1. The monoisotopic (exact) mass is 505 g/mol. The number of fused-ring (bicyclic) bond motifs is 1. The second-order valence-corrected chi connectivity index (χ2v) is 6.36. The summed E-state index contributed by atoms with van der Waals surface area (Å²) in [7, 11) is 1.77. The van der Waals surface area contributed by atoms with E-state index >= 15 is 0 Å². The van der Waals surface area contributed by atoms with Gasteiger partial charge in [0, 0.05) is 32.1 Å². The molecule has 3 N–H and O–H groups in total. The zero-order valence-corrected chi connectivity index (χ0v) is 19.0. The van der Waals surface area contributed by atoms with Crippen molar-refractivity contribution in [2.45, 2.75) is 19.4 Å². The summed E-state index contributed by atoms with van der Waals surface area (Å²) in [6.07, 6.45) is 3.59. The SMILES string of the molecule is C=CCOc1ccccc1CNC(=NC)NCCCc1nc2ccccc2[nH]1.I. The standard InChI is InChI=1S/C22H27N5O.HI/c1-3-15-28-20-12-7-4-9-17(20)16-25-22(23-2)24-14-8-13-21-26-18-10-5-6-11-19(18)27-21;/h3-7,9-12H,1,8,13-16H2,2H3,(H,26,27)(H2,23,24,25);1H. The van der Waals surface area contributed by atoms with Gasteiger partial charge < -0.3 is 20.4 Å². The number of ether oxygens (including phenoxy) is 1. The van der Waals surface area contributed by atoms with Crippen LogP contribution in [0.15, 0.2) is 66.2 Å². The van der Waals surface area contributed by atoms with E-state index in [2.05, 4.69) is 32.2 Å². The Morgan fingerprint density at radius 3 is 2.76 bits per heavy atom. The highest BCUT2D eigenvalue weighted by Crippen LogP contribution is 2.17. The average molecular weight is 505 g/mol. The topological polar surface area (TPSA) is 74.3 Å². The number of halogens is 1. The third kappa shape index (κ3) is 6.77. The van der Waals surface area contributed by atoms with Crippen LogP contribution in [0, 0.1) is 0 Å². The number of guanidine groups is 1. The molecule has 0 amide bonds. The zero-order chi connectivity index (χ0) is 19.6. The third-order valence-corrected chi connectivity index (χ3v) is 4.32. The number of benzene rings is 2. The Labute approximate surface area is 188 Å². The van der Waals surface area contributed by atoms with Crippen molar-refractivity contribution in [2.75, 3.05) is 20.2 Å². The minimum Gasteiger partial charge on any atom is -0.489 e. The number of nitrogens with zero attached hydrogens (tertiary/aromatic N) is 2. The summed E-state index contributed by atoms with van der Waals surface area (Å²) >= 11 is 0.